The van der Waals surface area contributed by atoms with Crippen molar-refractivity contribution in [1.82, 2.24) is 4.90 Å². The Kier molecular flexibility index (Phi) is 2.90. The topological polar surface area (TPSA) is 20.3 Å². The standard InChI is InChI=1S/C9H12NO/c1-2-6-9(11)10-7-4-3-5-8-10/h2-4,8H,1,5-7H2. The Balaban J connectivity index is 2.40. The van der Waals surface area contributed by atoms with Gasteiger partial charge >= 0.3 is 0 Å². The molecule has 0 spiro atoms. The molecule has 0 saturated heterocycles. The monoisotopic (exact) mass is 150 g/mol. The van der Waals surface area contributed by atoms with Gasteiger partial charge in [-0.25, -0.2) is 0 Å². The second-order valence-electron chi connectivity index (χ2n) is 2.43. The lowest BCUT2D eigenvalue weighted by atomic mass is 10.2. The van der Waals surface area contributed by atoms with E-state index in [1.165, 1.54) is 0 Å². The molecule has 0 aromatic carbocycles. The number of carbonyl (C=O) groups is 1. The highest BCUT2D eigenvalue weighted by Gasteiger charge is 2.11. The van der Waals surface area contributed by atoms with E-state index in [1.54, 1.807) is 11.0 Å². The molecule has 0 saturated carbocycles. The van der Waals surface area contributed by atoms with E-state index in [0.29, 0.717) is 13.0 Å². The lowest BCUT2D eigenvalue weighted by Gasteiger charge is -2.21. The van der Waals surface area contributed by atoms with Crippen molar-refractivity contribution in [3.63, 3.8) is 0 Å². The SMILES string of the molecule is C=CCC(=O)N1[CH]CC=CC1. The van der Waals surface area contributed by atoms with Crippen LogP contribution in [0.1, 0.15) is 12.8 Å². The van der Waals surface area contributed by atoms with Crippen molar-refractivity contribution in [3.8, 4) is 0 Å². The molecule has 0 N–H and O–H groups in total. The van der Waals surface area contributed by atoms with Crippen LogP contribution in [0, 0.1) is 6.54 Å². The maximum atomic E-state index is 11.2. The first-order chi connectivity index (χ1) is 5.34. The Hall–Kier alpha value is -1.05. The van der Waals surface area contributed by atoms with Crippen LogP contribution in [0.4, 0.5) is 0 Å². The van der Waals surface area contributed by atoms with Crippen molar-refractivity contribution in [2.75, 3.05) is 6.54 Å². The number of hydrogen-bond donors (Lipinski definition) is 0. The zero-order valence-electron chi connectivity index (χ0n) is 6.49. The van der Waals surface area contributed by atoms with E-state index in [4.69, 9.17) is 0 Å². The van der Waals surface area contributed by atoms with Crippen LogP contribution >= 0.6 is 0 Å². The molecule has 1 aliphatic heterocycles. The summed E-state index contributed by atoms with van der Waals surface area (Å²) in [6.45, 7) is 6.14. The van der Waals surface area contributed by atoms with Gasteiger partial charge in [0, 0.05) is 13.0 Å². The molecule has 1 amide bonds. The van der Waals surface area contributed by atoms with Crippen molar-refractivity contribution in [2.24, 2.45) is 0 Å². The summed E-state index contributed by atoms with van der Waals surface area (Å²) >= 11 is 0. The number of rotatable bonds is 2. The summed E-state index contributed by atoms with van der Waals surface area (Å²) < 4.78 is 0. The summed E-state index contributed by atoms with van der Waals surface area (Å²) in [6.07, 6.45) is 6.99. The Morgan fingerprint density at radius 1 is 1.64 bits per heavy atom. The molecular weight excluding hydrogens is 138 g/mol. The van der Waals surface area contributed by atoms with Gasteiger partial charge in [-0.3, -0.25) is 4.79 Å². The molecule has 0 aromatic heterocycles. The maximum Gasteiger partial charge on any atom is 0.226 e. The zero-order valence-corrected chi connectivity index (χ0v) is 6.49. The van der Waals surface area contributed by atoms with E-state index >= 15 is 0 Å². The lowest BCUT2D eigenvalue weighted by Crippen LogP contribution is -2.29. The number of amides is 1. The van der Waals surface area contributed by atoms with Crippen molar-refractivity contribution in [2.45, 2.75) is 12.8 Å². The smallest absolute Gasteiger partial charge is 0.226 e. The average Bonchev–Trinajstić information content (AvgIpc) is 2.07. The van der Waals surface area contributed by atoms with Gasteiger partial charge in [0.15, 0.2) is 0 Å². The number of nitrogens with zero attached hydrogens (tertiary/aromatic N) is 1. The van der Waals surface area contributed by atoms with E-state index in [-0.39, 0.29) is 5.91 Å². The molecule has 1 rings (SSSR count). The summed E-state index contributed by atoms with van der Waals surface area (Å²) in [4.78, 5) is 12.9. The number of carbonyl (C=O) groups excluding carboxylic acids is 1. The van der Waals surface area contributed by atoms with Crippen LogP contribution in [0.15, 0.2) is 24.8 Å². The van der Waals surface area contributed by atoms with Gasteiger partial charge in [0.2, 0.25) is 5.91 Å². The first-order valence-corrected chi connectivity index (χ1v) is 3.73. The quantitative estimate of drug-likeness (QED) is 0.546. The van der Waals surface area contributed by atoms with E-state index in [0.717, 1.165) is 6.42 Å². The highest BCUT2D eigenvalue weighted by Crippen LogP contribution is 2.07. The molecule has 0 fully saturated rings. The minimum Gasteiger partial charge on any atom is -0.333 e. The van der Waals surface area contributed by atoms with Gasteiger partial charge in [0.05, 0.1) is 6.54 Å². The summed E-state index contributed by atoms with van der Waals surface area (Å²) in [5.74, 6) is 0.129. The third-order valence-electron chi connectivity index (χ3n) is 1.57. The fourth-order valence-corrected chi connectivity index (χ4v) is 0.991. The Bertz CT molecular complexity index is 184. The van der Waals surface area contributed by atoms with Crippen LogP contribution in [-0.4, -0.2) is 17.4 Å². The van der Waals surface area contributed by atoms with Crippen molar-refractivity contribution < 1.29 is 4.79 Å². The van der Waals surface area contributed by atoms with Gasteiger partial charge in [0.25, 0.3) is 0 Å². The Labute approximate surface area is 67.2 Å². The van der Waals surface area contributed by atoms with E-state index in [2.05, 4.69) is 12.7 Å². The molecule has 0 atom stereocenters. The third kappa shape index (κ3) is 2.22. The van der Waals surface area contributed by atoms with Crippen LogP contribution in [0.2, 0.25) is 0 Å². The van der Waals surface area contributed by atoms with Crippen LogP contribution in [-0.2, 0) is 4.79 Å². The first kappa shape index (κ1) is 8.05. The molecule has 2 nitrogen and oxygen atoms in total. The van der Waals surface area contributed by atoms with Gasteiger partial charge in [-0.1, -0.05) is 18.2 Å². The van der Waals surface area contributed by atoms with Gasteiger partial charge in [-0.15, -0.1) is 6.58 Å². The summed E-state index contributed by atoms with van der Waals surface area (Å²) in [6, 6.07) is 0. The van der Waals surface area contributed by atoms with Gasteiger partial charge < -0.3 is 4.90 Å². The van der Waals surface area contributed by atoms with Crippen molar-refractivity contribution in [3.05, 3.63) is 31.4 Å². The van der Waals surface area contributed by atoms with Gasteiger partial charge in [-0.2, -0.15) is 0 Å². The molecule has 2 heteroatoms. The summed E-state index contributed by atoms with van der Waals surface area (Å²) in [7, 11) is 0. The molecule has 0 aromatic rings. The van der Waals surface area contributed by atoms with E-state index < -0.39 is 0 Å². The second-order valence-corrected chi connectivity index (χ2v) is 2.43. The predicted octanol–water partition coefficient (Wildman–Crippen LogP) is 1.51. The van der Waals surface area contributed by atoms with E-state index in [1.807, 2.05) is 12.6 Å². The molecule has 0 bridgehead atoms. The van der Waals surface area contributed by atoms with E-state index in [9.17, 15) is 4.79 Å². The molecule has 1 heterocycles. The molecule has 11 heavy (non-hydrogen) atoms. The zero-order chi connectivity index (χ0) is 8.10. The molecule has 1 aliphatic rings. The van der Waals surface area contributed by atoms with Gasteiger partial charge in [0.1, 0.15) is 0 Å². The molecule has 0 aliphatic carbocycles. The fraction of sp³-hybridized carbons (Fsp3) is 0.333. The molecular formula is C9H12NO. The van der Waals surface area contributed by atoms with Crippen molar-refractivity contribution >= 4 is 5.91 Å². The van der Waals surface area contributed by atoms with Crippen LogP contribution in [0.5, 0.6) is 0 Å². The maximum absolute atomic E-state index is 11.2. The van der Waals surface area contributed by atoms with Crippen LogP contribution < -0.4 is 0 Å². The van der Waals surface area contributed by atoms with Crippen molar-refractivity contribution in [1.29, 1.82) is 0 Å². The summed E-state index contributed by atoms with van der Waals surface area (Å²) in [5.41, 5.74) is 0. The summed E-state index contributed by atoms with van der Waals surface area (Å²) in [5, 5.41) is 0. The third-order valence-corrected chi connectivity index (χ3v) is 1.57. The largest absolute Gasteiger partial charge is 0.333 e. The first-order valence-electron chi connectivity index (χ1n) is 3.73. The molecule has 59 valence electrons. The van der Waals surface area contributed by atoms with Crippen LogP contribution in [0.3, 0.4) is 0 Å². The van der Waals surface area contributed by atoms with Gasteiger partial charge in [-0.05, 0) is 6.42 Å². The average molecular weight is 150 g/mol. The minimum atomic E-state index is 0.129. The predicted molar refractivity (Wildman–Crippen MR) is 44.6 cm³/mol. The minimum absolute atomic E-state index is 0.129. The highest BCUT2D eigenvalue weighted by atomic mass is 16.2. The lowest BCUT2D eigenvalue weighted by molar-refractivity contribution is -0.128. The Morgan fingerprint density at radius 3 is 3.00 bits per heavy atom. The molecule has 0 unspecified atom stereocenters. The normalized spacial score (nSPS) is 16.5. The second kappa shape index (κ2) is 3.96. The Morgan fingerprint density at radius 2 is 2.45 bits per heavy atom. The number of hydrogen-bond acceptors (Lipinski definition) is 1. The fourth-order valence-electron chi connectivity index (χ4n) is 0.991. The van der Waals surface area contributed by atoms with Crippen LogP contribution in [0.25, 0.3) is 0 Å². The highest BCUT2D eigenvalue weighted by molar-refractivity contribution is 5.78. The molecule has 1 radical (unpaired) electrons.